The summed E-state index contributed by atoms with van der Waals surface area (Å²) in [6.07, 6.45) is -4.71. The number of hydrogen-bond acceptors (Lipinski definition) is 7. The average Bonchev–Trinajstić information content (AvgIpc) is 3.57. The lowest BCUT2D eigenvalue weighted by atomic mass is 9.81. The summed E-state index contributed by atoms with van der Waals surface area (Å²) >= 11 is 0. The normalized spacial score (nSPS) is 19.4. The molecule has 3 heterocycles. The van der Waals surface area contributed by atoms with E-state index < -0.39 is 12.0 Å². The van der Waals surface area contributed by atoms with Crippen molar-refractivity contribution in [3.8, 4) is 11.4 Å². The van der Waals surface area contributed by atoms with Crippen molar-refractivity contribution in [2.75, 3.05) is 39.8 Å². The van der Waals surface area contributed by atoms with Crippen molar-refractivity contribution in [3.05, 3.63) is 101 Å². The number of benzene rings is 3. The lowest BCUT2D eigenvalue weighted by Gasteiger charge is -2.53. The van der Waals surface area contributed by atoms with Crippen LogP contribution in [0.3, 0.4) is 0 Å². The highest BCUT2D eigenvalue weighted by Crippen LogP contribution is 2.37. The summed E-state index contributed by atoms with van der Waals surface area (Å²) in [4.78, 5) is 20.0. The quantitative estimate of drug-likeness (QED) is 0.274. The third-order valence-corrected chi connectivity index (χ3v) is 9.00. The number of aromatic nitrogens is 4. The van der Waals surface area contributed by atoms with Crippen LogP contribution >= 0.6 is 0 Å². The molecule has 0 saturated carbocycles. The van der Waals surface area contributed by atoms with Gasteiger partial charge in [-0.15, -0.1) is 5.10 Å². The summed E-state index contributed by atoms with van der Waals surface area (Å²) in [7, 11) is 1.55. The van der Waals surface area contributed by atoms with Crippen molar-refractivity contribution in [2.24, 2.45) is 5.92 Å². The van der Waals surface area contributed by atoms with E-state index in [0.29, 0.717) is 43.2 Å². The smallest absolute Gasteiger partial charge is 0.453 e. The molecule has 0 N–H and O–H groups in total. The standard InChI is InChI=1S/C34H38F3N7O2/c1-23(2)32(45)42-16-17-43-28(21-42)20-41(22-29(43)31(24-10-6-4-7-11-24)25-12-8-5-9-13-25)19-26-18-27(14-15-30(26)46-3)44-33(34(35,36)37)38-39-40-44/h4-15,18,23,28-29,31H,16-17,19-22H2,1-3H3/t28-,29?/m1/s1. The Morgan fingerprint density at radius 3 is 2.22 bits per heavy atom. The first-order valence-electron chi connectivity index (χ1n) is 15.5. The summed E-state index contributed by atoms with van der Waals surface area (Å²) in [5, 5.41) is 10.1. The van der Waals surface area contributed by atoms with Crippen molar-refractivity contribution < 1.29 is 22.7 Å². The number of halogens is 3. The topological polar surface area (TPSA) is 79.6 Å². The fourth-order valence-corrected chi connectivity index (χ4v) is 6.96. The number of carbonyl (C=O) groups is 1. The van der Waals surface area contributed by atoms with E-state index in [4.69, 9.17) is 4.74 Å². The number of piperazine rings is 2. The minimum atomic E-state index is -4.71. The number of carbonyl (C=O) groups excluding carboxylic acids is 1. The number of hydrogen-bond donors (Lipinski definition) is 0. The van der Waals surface area contributed by atoms with Gasteiger partial charge in [0.2, 0.25) is 5.91 Å². The van der Waals surface area contributed by atoms with E-state index in [0.717, 1.165) is 12.1 Å². The molecule has 4 aromatic rings. The van der Waals surface area contributed by atoms with E-state index in [-0.39, 0.29) is 35.5 Å². The Morgan fingerprint density at radius 2 is 1.61 bits per heavy atom. The van der Waals surface area contributed by atoms with Crippen LogP contribution in [0, 0.1) is 5.92 Å². The van der Waals surface area contributed by atoms with Crippen molar-refractivity contribution >= 4 is 5.91 Å². The van der Waals surface area contributed by atoms with Crippen molar-refractivity contribution in [1.82, 2.24) is 34.9 Å². The fraction of sp³-hybridized carbons (Fsp3) is 0.412. The predicted octanol–water partition coefficient (Wildman–Crippen LogP) is 4.87. The third kappa shape index (κ3) is 6.50. The highest BCUT2D eigenvalue weighted by Gasteiger charge is 2.43. The number of tetrazole rings is 1. The van der Waals surface area contributed by atoms with Crippen LogP contribution in [0.5, 0.6) is 5.75 Å². The Bertz CT molecular complexity index is 1590. The second kappa shape index (κ2) is 13.2. The molecule has 2 aliphatic heterocycles. The van der Waals surface area contributed by atoms with Gasteiger partial charge < -0.3 is 9.64 Å². The number of ether oxygens (including phenoxy) is 1. The largest absolute Gasteiger partial charge is 0.496 e. The molecular weight excluding hydrogens is 595 g/mol. The molecule has 2 fully saturated rings. The van der Waals surface area contributed by atoms with Crippen LogP contribution in [0.1, 0.15) is 42.3 Å². The summed E-state index contributed by atoms with van der Waals surface area (Å²) in [6.45, 7) is 7.71. The lowest BCUT2D eigenvalue weighted by Crippen LogP contribution is -2.67. The van der Waals surface area contributed by atoms with Crippen LogP contribution < -0.4 is 4.74 Å². The molecule has 0 spiro atoms. The van der Waals surface area contributed by atoms with Crippen LogP contribution in [0.25, 0.3) is 5.69 Å². The van der Waals surface area contributed by atoms with Gasteiger partial charge in [0.1, 0.15) is 5.75 Å². The van der Waals surface area contributed by atoms with Gasteiger partial charge in [0.15, 0.2) is 0 Å². The van der Waals surface area contributed by atoms with E-state index in [2.05, 4.69) is 73.9 Å². The van der Waals surface area contributed by atoms with Gasteiger partial charge in [-0.25, -0.2) is 0 Å². The van der Waals surface area contributed by atoms with Crippen LogP contribution in [0.4, 0.5) is 13.2 Å². The van der Waals surface area contributed by atoms with E-state index in [1.54, 1.807) is 19.2 Å². The number of rotatable bonds is 8. The molecule has 1 amide bonds. The summed E-state index contributed by atoms with van der Waals surface area (Å²) in [5.41, 5.74) is 3.33. The van der Waals surface area contributed by atoms with Crippen LogP contribution in [0.15, 0.2) is 78.9 Å². The third-order valence-electron chi connectivity index (χ3n) is 9.00. The van der Waals surface area contributed by atoms with Gasteiger partial charge in [-0.1, -0.05) is 74.5 Å². The molecule has 12 heteroatoms. The van der Waals surface area contributed by atoms with Gasteiger partial charge in [-0.05, 0) is 39.8 Å². The maximum Gasteiger partial charge on any atom is 0.453 e. The first-order chi connectivity index (χ1) is 22.1. The van der Waals surface area contributed by atoms with E-state index >= 15 is 0 Å². The Hall–Kier alpha value is -4.29. The summed E-state index contributed by atoms with van der Waals surface area (Å²) in [6, 6.07) is 25.9. The number of alkyl halides is 3. The minimum Gasteiger partial charge on any atom is -0.496 e. The maximum atomic E-state index is 13.7. The van der Waals surface area contributed by atoms with Gasteiger partial charge in [0.05, 0.1) is 12.8 Å². The molecule has 3 aromatic carbocycles. The molecular formula is C34H38F3N7O2. The van der Waals surface area contributed by atoms with Crippen LogP contribution in [-0.4, -0.2) is 92.7 Å². The monoisotopic (exact) mass is 633 g/mol. The predicted molar refractivity (Wildman–Crippen MR) is 166 cm³/mol. The van der Waals surface area contributed by atoms with E-state index in [9.17, 15) is 18.0 Å². The number of fused-ring (bicyclic) bond motifs is 1. The maximum absolute atomic E-state index is 13.7. The van der Waals surface area contributed by atoms with Gasteiger partial charge in [0.25, 0.3) is 5.82 Å². The molecule has 0 aliphatic carbocycles. The Labute approximate surface area is 266 Å². The molecule has 6 rings (SSSR count). The second-order valence-electron chi connectivity index (χ2n) is 12.3. The van der Waals surface area contributed by atoms with Gasteiger partial charge >= 0.3 is 6.18 Å². The molecule has 9 nitrogen and oxygen atoms in total. The van der Waals surface area contributed by atoms with E-state index in [1.807, 2.05) is 30.9 Å². The molecule has 2 atom stereocenters. The molecule has 0 bridgehead atoms. The highest BCUT2D eigenvalue weighted by molar-refractivity contribution is 5.78. The van der Waals surface area contributed by atoms with Crippen LogP contribution in [-0.2, 0) is 17.5 Å². The zero-order chi connectivity index (χ0) is 32.4. The molecule has 0 radical (unpaired) electrons. The Kier molecular flexibility index (Phi) is 9.10. The van der Waals surface area contributed by atoms with E-state index in [1.165, 1.54) is 17.2 Å². The zero-order valence-electron chi connectivity index (χ0n) is 26.1. The van der Waals surface area contributed by atoms with Crippen molar-refractivity contribution in [2.45, 2.75) is 44.6 Å². The number of amides is 1. The van der Waals surface area contributed by atoms with Gasteiger partial charge in [0, 0.05) is 68.8 Å². The van der Waals surface area contributed by atoms with Crippen LogP contribution in [0.2, 0.25) is 0 Å². The molecule has 1 aromatic heterocycles. The molecule has 1 unspecified atom stereocenters. The van der Waals surface area contributed by atoms with Gasteiger partial charge in [-0.3, -0.25) is 14.6 Å². The fourth-order valence-electron chi connectivity index (χ4n) is 6.96. The zero-order valence-corrected chi connectivity index (χ0v) is 26.1. The average molecular weight is 634 g/mol. The summed E-state index contributed by atoms with van der Waals surface area (Å²) < 4.78 is 47.3. The number of methoxy groups -OCH3 is 1. The van der Waals surface area contributed by atoms with Gasteiger partial charge in [-0.2, -0.15) is 17.9 Å². The SMILES string of the molecule is COc1ccc(-n2nnnc2C(F)(F)F)cc1CN1CC(C(c2ccccc2)c2ccccc2)N2CCN(C(=O)C(C)C)C[C@H]2C1. The molecule has 46 heavy (non-hydrogen) atoms. The second-order valence-corrected chi connectivity index (χ2v) is 12.3. The first kappa shape index (κ1) is 31.7. The minimum absolute atomic E-state index is 0.0591. The molecule has 2 aliphatic rings. The lowest BCUT2D eigenvalue weighted by molar-refractivity contribution is -0.146. The first-order valence-corrected chi connectivity index (χ1v) is 15.5. The molecule has 242 valence electrons. The molecule has 2 saturated heterocycles. The number of nitrogens with zero attached hydrogens (tertiary/aromatic N) is 7. The Morgan fingerprint density at radius 1 is 0.935 bits per heavy atom. The Balaban J connectivity index is 1.37. The summed E-state index contributed by atoms with van der Waals surface area (Å²) in [5.74, 6) is -0.519. The van der Waals surface area contributed by atoms with Crippen molar-refractivity contribution in [1.29, 1.82) is 0 Å². The van der Waals surface area contributed by atoms with Crippen molar-refractivity contribution in [3.63, 3.8) is 0 Å². The highest BCUT2D eigenvalue weighted by atomic mass is 19.4.